The van der Waals surface area contributed by atoms with Gasteiger partial charge in [-0.1, -0.05) is 0 Å². The lowest BCUT2D eigenvalue weighted by Gasteiger charge is -2.18. The van der Waals surface area contributed by atoms with Crippen LogP contribution in [-0.2, 0) is 11.2 Å². The lowest BCUT2D eigenvalue weighted by atomic mass is 10.00. The molecule has 2 aliphatic rings. The molecule has 1 aromatic carbocycles. The predicted octanol–water partition coefficient (Wildman–Crippen LogP) is 1.85. The normalized spacial score (nSPS) is 19.7. The van der Waals surface area contributed by atoms with E-state index in [0.717, 1.165) is 24.1 Å². The molecule has 1 aromatic rings. The van der Waals surface area contributed by atoms with Gasteiger partial charge in [-0.15, -0.1) is 0 Å². The van der Waals surface area contributed by atoms with Crippen LogP contribution >= 0.6 is 0 Å². The van der Waals surface area contributed by atoms with Crippen LogP contribution in [0.2, 0.25) is 0 Å². The zero-order valence-electron chi connectivity index (χ0n) is 10.4. The van der Waals surface area contributed by atoms with Crippen molar-refractivity contribution in [3.63, 3.8) is 0 Å². The smallest absolute Gasteiger partial charge is 0.251 e. The molecule has 2 amide bonds. The SMILES string of the molecule is CC1(NC(=O)c2ccc3c(c2)CCC(=O)N3)CC1. The topological polar surface area (TPSA) is 58.2 Å². The van der Waals surface area contributed by atoms with Gasteiger partial charge in [0, 0.05) is 23.2 Å². The zero-order valence-corrected chi connectivity index (χ0v) is 10.4. The number of anilines is 1. The number of benzene rings is 1. The summed E-state index contributed by atoms with van der Waals surface area (Å²) < 4.78 is 0. The first-order valence-corrected chi connectivity index (χ1v) is 6.31. The molecular formula is C14H16N2O2. The van der Waals surface area contributed by atoms with Crippen molar-refractivity contribution in [3.8, 4) is 0 Å². The van der Waals surface area contributed by atoms with Crippen molar-refractivity contribution in [2.45, 2.75) is 38.1 Å². The number of aryl methyl sites for hydroxylation is 1. The summed E-state index contributed by atoms with van der Waals surface area (Å²) in [7, 11) is 0. The Bertz CT molecular complexity index is 533. The fourth-order valence-electron chi connectivity index (χ4n) is 2.18. The second kappa shape index (κ2) is 3.83. The Hall–Kier alpha value is -1.84. The molecule has 18 heavy (non-hydrogen) atoms. The van der Waals surface area contributed by atoms with Crippen molar-refractivity contribution in [3.05, 3.63) is 29.3 Å². The molecule has 0 radical (unpaired) electrons. The van der Waals surface area contributed by atoms with Crippen LogP contribution in [0.15, 0.2) is 18.2 Å². The largest absolute Gasteiger partial charge is 0.347 e. The van der Waals surface area contributed by atoms with E-state index in [0.29, 0.717) is 18.4 Å². The van der Waals surface area contributed by atoms with Crippen molar-refractivity contribution < 1.29 is 9.59 Å². The summed E-state index contributed by atoms with van der Waals surface area (Å²) in [5, 5.41) is 5.85. The highest BCUT2D eigenvalue weighted by atomic mass is 16.2. The molecular weight excluding hydrogens is 228 g/mol. The predicted molar refractivity (Wildman–Crippen MR) is 68.5 cm³/mol. The summed E-state index contributed by atoms with van der Waals surface area (Å²) in [6.07, 6.45) is 3.31. The van der Waals surface area contributed by atoms with E-state index in [4.69, 9.17) is 0 Å². The summed E-state index contributed by atoms with van der Waals surface area (Å²) in [5.41, 5.74) is 2.56. The van der Waals surface area contributed by atoms with Crippen LogP contribution in [0.4, 0.5) is 5.69 Å². The maximum atomic E-state index is 12.1. The standard InChI is InChI=1S/C14H16N2O2/c1-14(6-7-14)16-13(18)10-2-4-11-9(8-10)3-5-12(17)15-11/h2,4,8H,3,5-7H2,1H3,(H,15,17)(H,16,18). The van der Waals surface area contributed by atoms with E-state index in [2.05, 4.69) is 17.6 Å². The third kappa shape index (κ3) is 2.10. The van der Waals surface area contributed by atoms with Gasteiger partial charge in [-0.2, -0.15) is 0 Å². The van der Waals surface area contributed by atoms with Crippen LogP contribution in [-0.4, -0.2) is 17.4 Å². The zero-order chi connectivity index (χ0) is 12.8. The molecule has 0 atom stereocenters. The Balaban J connectivity index is 1.81. The van der Waals surface area contributed by atoms with E-state index >= 15 is 0 Å². The second-order valence-corrected chi connectivity index (χ2v) is 5.43. The first-order valence-electron chi connectivity index (χ1n) is 6.31. The molecule has 4 heteroatoms. The minimum absolute atomic E-state index is 0.00119. The average Bonchev–Trinajstić information content (AvgIpc) is 3.06. The van der Waals surface area contributed by atoms with Gasteiger partial charge in [-0.3, -0.25) is 9.59 Å². The highest BCUT2D eigenvalue weighted by Gasteiger charge is 2.38. The van der Waals surface area contributed by atoms with Gasteiger partial charge in [0.1, 0.15) is 0 Å². The minimum atomic E-state index is -0.0188. The van der Waals surface area contributed by atoms with Gasteiger partial charge in [-0.05, 0) is 49.9 Å². The quantitative estimate of drug-likeness (QED) is 0.834. The number of carbonyl (C=O) groups excluding carboxylic acids is 2. The fourth-order valence-corrected chi connectivity index (χ4v) is 2.18. The molecule has 1 aliphatic heterocycles. The minimum Gasteiger partial charge on any atom is -0.347 e. The highest BCUT2D eigenvalue weighted by molar-refractivity contribution is 5.98. The molecule has 1 fully saturated rings. The summed E-state index contributed by atoms with van der Waals surface area (Å²) in [6.45, 7) is 2.06. The van der Waals surface area contributed by atoms with Crippen LogP contribution in [0.25, 0.3) is 0 Å². The van der Waals surface area contributed by atoms with E-state index in [-0.39, 0.29) is 17.4 Å². The number of fused-ring (bicyclic) bond motifs is 1. The van der Waals surface area contributed by atoms with Crippen molar-refractivity contribution in [2.24, 2.45) is 0 Å². The van der Waals surface area contributed by atoms with Crippen molar-refractivity contribution >= 4 is 17.5 Å². The lowest BCUT2D eigenvalue weighted by molar-refractivity contribution is -0.116. The number of hydrogen-bond donors (Lipinski definition) is 2. The molecule has 3 rings (SSSR count). The van der Waals surface area contributed by atoms with Crippen molar-refractivity contribution in [1.29, 1.82) is 0 Å². The van der Waals surface area contributed by atoms with Crippen LogP contribution in [0.5, 0.6) is 0 Å². The molecule has 1 heterocycles. The maximum absolute atomic E-state index is 12.1. The highest BCUT2D eigenvalue weighted by Crippen LogP contribution is 2.34. The molecule has 1 aliphatic carbocycles. The Morgan fingerprint density at radius 2 is 2.11 bits per heavy atom. The molecule has 94 valence electrons. The van der Waals surface area contributed by atoms with Crippen molar-refractivity contribution in [2.75, 3.05) is 5.32 Å². The van der Waals surface area contributed by atoms with Crippen LogP contribution in [0.3, 0.4) is 0 Å². The number of amides is 2. The lowest BCUT2D eigenvalue weighted by Crippen LogP contribution is -2.34. The maximum Gasteiger partial charge on any atom is 0.251 e. The summed E-state index contributed by atoms with van der Waals surface area (Å²) in [4.78, 5) is 23.3. The molecule has 0 bridgehead atoms. The Labute approximate surface area is 106 Å². The molecule has 1 saturated carbocycles. The van der Waals surface area contributed by atoms with E-state index < -0.39 is 0 Å². The van der Waals surface area contributed by atoms with Crippen LogP contribution in [0, 0.1) is 0 Å². The van der Waals surface area contributed by atoms with Gasteiger partial charge in [0.15, 0.2) is 0 Å². The molecule has 0 spiro atoms. The second-order valence-electron chi connectivity index (χ2n) is 5.43. The van der Waals surface area contributed by atoms with E-state index in [1.54, 1.807) is 6.07 Å². The van der Waals surface area contributed by atoms with E-state index in [9.17, 15) is 9.59 Å². The molecule has 0 unspecified atom stereocenters. The van der Waals surface area contributed by atoms with Crippen molar-refractivity contribution in [1.82, 2.24) is 5.32 Å². The summed E-state index contributed by atoms with van der Waals surface area (Å²) >= 11 is 0. The third-order valence-electron chi connectivity index (χ3n) is 3.68. The molecule has 2 N–H and O–H groups in total. The number of carbonyl (C=O) groups is 2. The van der Waals surface area contributed by atoms with Crippen LogP contribution < -0.4 is 10.6 Å². The number of hydrogen-bond acceptors (Lipinski definition) is 2. The first-order chi connectivity index (χ1) is 8.56. The Kier molecular flexibility index (Phi) is 2.40. The summed E-state index contributed by atoms with van der Waals surface area (Å²) in [5.74, 6) is 0.0277. The summed E-state index contributed by atoms with van der Waals surface area (Å²) in [6, 6.07) is 5.47. The average molecular weight is 244 g/mol. The molecule has 4 nitrogen and oxygen atoms in total. The number of nitrogens with one attached hydrogen (secondary N) is 2. The first kappa shape index (κ1) is 11.3. The molecule has 0 saturated heterocycles. The Morgan fingerprint density at radius 3 is 2.83 bits per heavy atom. The van der Waals surface area contributed by atoms with Gasteiger partial charge in [0.2, 0.25) is 5.91 Å². The molecule has 0 aromatic heterocycles. The van der Waals surface area contributed by atoms with Gasteiger partial charge in [0.05, 0.1) is 0 Å². The van der Waals surface area contributed by atoms with E-state index in [1.165, 1.54) is 0 Å². The Morgan fingerprint density at radius 1 is 1.33 bits per heavy atom. The monoisotopic (exact) mass is 244 g/mol. The number of rotatable bonds is 2. The van der Waals surface area contributed by atoms with Gasteiger partial charge < -0.3 is 10.6 Å². The van der Waals surface area contributed by atoms with Gasteiger partial charge in [-0.25, -0.2) is 0 Å². The fraction of sp³-hybridized carbons (Fsp3) is 0.429. The van der Waals surface area contributed by atoms with E-state index in [1.807, 2.05) is 12.1 Å². The van der Waals surface area contributed by atoms with Gasteiger partial charge >= 0.3 is 0 Å². The third-order valence-corrected chi connectivity index (χ3v) is 3.68. The van der Waals surface area contributed by atoms with Crippen LogP contribution in [0.1, 0.15) is 42.1 Å². The van der Waals surface area contributed by atoms with Gasteiger partial charge in [0.25, 0.3) is 5.91 Å².